The Labute approximate surface area is 136 Å². The molecule has 2 aromatic rings. The first kappa shape index (κ1) is 15.7. The van der Waals surface area contributed by atoms with Crippen molar-refractivity contribution in [2.45, 2.75) is 50.6 Å². The van der Waals surface area contributed by atoms with Crippen molar-refractivity contribution in [2.75, 3.05) is 0 Å². The standard InChI is InChI=1S/C17H23N5O/c1-13(21-16(23)17(18)9-3-2-4-10-17)14-5-7-15(8-6-14)22-12-19-11-20-22/h5-8,11-13H,2-4,9-10,18H2,1H3,(H,21,23). The summed E-state index contributed by atoms with van der Waals surface area (Å²) in [4.78, 5) is 16.4. The predicted molar refractivity (Wildman–Crippen MR) is 87.9 cm³/mol. The first-order valence-electron chi connectivity index (χ1n) is 8.13. The van der Waals surface area contributed by atoms with Gasteiger partial charge in [0.05, 0.1) is 17.3 Å². The number of nitrogens with one attached hydrogen (secondary N) is 1. The molecule has 6 nitrogen and oxygen atoms in total. The van der Waals surface area contributed by atoms with E-state index in [-0.39, 0.29) is 11.9 Å². The predicted octanol–water partition coefficient (Wildman–Crippen LogP) is 2.11. The molecule has 1 amide bonds. The van der Waals surface area contributed by atoms with Gasteiger partial charge < -0.3 is 11.1 Å². The zero-order chi connectivity index (χ0) is 16.3. The average Bonchev–Trinajstić information content (AvgIpc) is 3.10. The first-order chi connectivity index (χ1) is 11.1. The van der Waals surface area contributed by atoms with E-state index in [0.717, 1.165) is 36.9 Å². The van der Waals surface area contributed by atoms with E-state index >= 15 is 0 Å². The second kappa shape index (κ2) is 6.50. The normalized spacial score (nSPS) is 18.3. The molecule has 1 atom stereocenters. The molecule has 1 saturated carbocycles. The number of carbonyl (C=O) groups excluding carboxylic acids is 1. The van der Waals surface area contributed by atoms with Crippen molar-refractivity contribution in [2.24, 2.45) is 5.73 Å². The molecule has 1 aromatic carbocycles. The fourth-order valence-electron chi connectivity index (χ4n) is 3.09. The van der Waals surface area contributed by atoms with Crippen LogP contribution in [0.1, 0.15) is 50.6 Å². The number of hydrogen-bond donors (Lipinski definition) is 2. The van der Waals surface area contributed by atoms with Crippen molar-refractivity contribution in [3.8, 4) is 5.69 Å². The summed E-state index contributed by atoms with van der Waals surface area (Å²) in [5, 5.41) is 7.16. The minimum absolute atomic E-state index is 0.0370. The Morgan fingerprint density at radius 3 is 2.57 bits per heavy atom. The highest BCUT2D eigenvalue weighted by molar-refractivity contribution is 5.86. The lowest BCUT2D eigenvalue weighted by Crippen LogP contribution is -2.55. The molecule has 3 rings (SSSR count). The van der Waals surface area contributed by atoms with Crippen molar-refractivity contribution < 1.29 is 4.79 Å². The summed E-state index contributed by atoms with van der Waals surface area (Å²) in [5.74, 6) is -0.0370. The topological polar surface area (TPSA) is 85.8 Å². The molecular weight excluding hydrogens is 290 g/mol. The molecule has 1 fully saturated rings. The Hall–Kier alpha value is -2.21. The van der Waals surface area contributed by atoms with Crippen molar-refractivity contribution in [3.63, 3.8) is 0 Å². The van der Waals surface area contributed by atoms with E-state index in [1.54, 1.807) is 11.0 Å². The van der Waals surface area contributed by atoms with Crippen molar-refractivity contribution in [1.82, 2.24) is 20.1 Å². The summed E-state index contributed by atoms with van der Waals surface area (Å²) in [6.07, 6.45) is 7.94. The van der Waals surface area contributed by atoms with Crippen LogP contribution in [0.2, 0.25) is 0 Å². The quantitative estimate of drug-likeness (QED) is 0.905. The molecule has 1 aromatic heterocycles. The third-order valence-corrected chi connectivity index (χ3v) is 4.62. The monoisotopic (exact) mass is 313 g/mol. The zero-order valence-electron chi connectivity index (χ0n) is 13.4. The van der Waals surface area contributed by atoms with Gasteiger partial charge in [-0.2, -0.15) is 5.10 Å². The van der Waals surface area contributed by atoms with Gasteiger partial charge in [0, 0.05) is 0 Å². The fourth-order valence-corrected chi connectivity index (χ4v) is 3.09. The molecule has 0 radical (unpaired) electrons. The van der Waals surface area contributed by atoms with Crippen LogP contribution in [0.5, 0.6) is 0 Å². The van der Waals surface area contributed by atoms with Gasteiger partial charge in [0.1, 0.15) is 12.7 Å². The summed E-state index contributed by atoms with van der Waals surface area (Å²) < 4.78 is 1.70. The first-order valence-corrected chi connectivity index (χ1v) is 8.13. The Bertz CT molecular complexity index is 644. The fraction of sp³-hybridized carbons (Fsp3) is 0.471. The lowest BCUT2D eigenvalue weighted by atomic mass is 9.81. The van der Waals surface area contributed by atoms with Gasteiger partial charge in [-0.1, -0.05) is 31.4 Å². The summed E-state index contributed by atoms with van der Waals surface area (Å²) in [6, 6.07) is 7.84. The summed E-state index contributed by atoms with van der Waals surface area (Å²) in [6.45, 7) is 1.98. The van der Waals surface area contributed by atoms with Gasteiger partial charge in [0.2, 0.25) is 5.91 Å². The minimum atomic E-state index is -0.701. The smallest absolute Gasteiger partial charge is 0.240 e. The van der Waals surface area contributed by atoms with Gasteiger partial charge in [-0.05, 0) is 37.5 Å². The maximum Gasteiger partial charge on any atom is 0.240 e. The molecule has 1 heterocycles. The Morgan fingerprint density at radius 1 is 1.26 bits per heavy atom. The maximum absolute atomic E-state index is 12.5. The highest BCUT2D eigenvalue weighted by Gasteiger charge is 2.35. The molecule has 6 heteroatoms. The van der Waals surface area contributed by atoms with Crippen molar-refractivity contribution in [3.05, 3.63) is 42.5 Å². The zero-order valence-corrected chi connectivity index (χ0v) is 13.4. The third kappa shape index (κ3) is 3.42. The number of benzene rings is 1. The van der Waals surface area contributed by atoms with Crippen molar-refractivity contribution in [1.29, 1.82) is 0 Å². The lowest BCUT2D eigenvalue weighted by molar-refractivity contribution is -0.128. The van der Waals surface area contributed by atoms with E-state index in [1.807, 2.05) is 31.2 Å². The van der Waals surface area contributed by atoms with Gasteiger partial charge in [0.25, 0.3) is 0 Å². The molecule has 0 saturated heterocycles. The molecule has 0 bridgehead atoms. The Balaban J connectivity index is 1.66. The average molecular weight is 313 g/mol. The van der Waals surface area contributed by atoms with Crippen LogP contribution in [-0.4, -0.2) is 26.2 Å². The lowest BCUT2D eigenvalue weighted by Gasteiger charge is -2.33. The van der Waals surface area contributed by atoms with E-state index in [1.165, 1.54) is 12.7 Å². The van der Waals surface area contributed by atoms with Crippen LogP contribution in [0.4, 0.5) is 0 Å². The molecule has 122 valence electrons. The molecular formula is C17H23N5O. The number of carbonyl (C=O) groups is 1. The van der Waals surface area contributed by atoms with E-state index in [4.69, 9.17) is 5.73 Å². The second-order valence-electron chi connectivity index (χ2n) is 6.34. The molecule has 0 spiro atoms. The van der Waals surface area contributed by atoms with Gasteiger partial charge >= 0.3 is 0 Å². The summed E-state index contributed by atoms with van der Waals surface area (Å²) in [5.41, 5.74) is 7.57. The van der Waals surface area contributed by atoms with Crippen LogP contribution < -0.4 is 11.1 Å². The molecule has 0 aliphatic heterocycles. The number of hydrogen-bond acceptors (Lipinski definition) is 4. The molecule has 23 heavy (non-hydrogen) atoms. The van der Waals surface area contributed by atoms with E-state index in [9.17, 15) is 4.79 Å². The molecule has 1 aliphatic carbocycles. The summed E-state index contributed by atoms with van der Waals surface area (Å²) in [7, 11) is 0. The summed E-state index contributed by atoms with van der Waals surface area (Å²) >= 11 is 0. The van der Waals surface area contributed by atoms with Crippen LogP contribution in [-0.2, 0) is 4.79 Å². The van der Waals surface area contributed by atoms with Crippen LogP contribution >= 0.6 is 0 Å². The highest BCUT2D eigenvalue weighted by atomic mass is 16.2. The van der Waals surface area contributed by atoms with Gasteiger partial charge in [-0.15, -0.1) is 0 Å². The number of nitrogens with zero attached hydrogens (tertiary/aromatic N) is 3. The molecule has 3 N–H and O–H groups in total. The van der Waals surface area contributed by atoms with Crippen LogP contribution in [0, 0.1) is 0 Å². The van der Waals surface area contributed by atoms with E-state index < -0.39 is 5.54 Å². The van der Waals surface area contributed by atoms with Gasteiger partial charge in [0.15, 0.2) is 0 Å². The van der Waals surface area contributed by atoms with E-state index in [2.05, 4.69) is 15.4 Å². The SMILES string of the molecule is CC(NC(=O)C1(N)CCCCC1)c1ccc(-n2cncn2)cc1. The van der Waals surface area contributed by atoms with Crippen LogP contribution in [0.15, 0.2) is 36.9 Å². The minimum Gasteiger partial charge on any atom is -0.348 e. The number of nitrogens with two attached hydrogens (primary N) is 1. The van der Waals surface area contributed by atoms with Gasteiger partial charge in [-0.3, -0.25) is 4.79 Å². The van der Waals surface area contributed by atoms with Crippen molar-refractivity contribution >= 4 is 5.91 Å². The highest BCUT2D eigenvalue weighted by Crippen LogP contribution is 2.27. The number of amides is 1. The second-order valence-corrected chi connectivity index (χ2v) is 6.34. The van der Waals surface area contributed by atoms with E-state index in [0.29, 0.717) is 0 Å². The molecule has 1 aliphatic rings. The number of rotatable bonds is 4. The Morgan fingerprint density at radius 2 is 1.96 bits per heavy atom. The largest absolute Gasteiger partial charge is 0.348 e. The third-order valence-electron chi connectivity index (χ3n) is 4.62. The van der Waals surface area contributed by atoms with Gasteiger partial charge in [-0.25, -0.2) is 9.67 Å². The maximum atomic E-state index is 12.5. The van der Waals surface area contributed by atoms with Crippen LogP contribution in [0.25, 0.3) is 5.69 Å². The molecule has 1 unspecified atom stereocenters. The van der Waals surface area contributed by atoms with Crippen LogP contribution in [0.3, 0.4) is 0 Å². The Kier molecular flexibility index (Phi) is 4.43. The number of aromatic nitrogens is 3.